The molecule has 3 aromatic carbocycles. The van der Waals surface area contributed by atoms with Crippen LogP contribution in [-0.4, -0.2) is 66.1 Å². The predicted octanol–water partition coefficient (Wildman–Crippen LogP) is 7.06. The number of carbonyl (C=O) groups excluding carboxylic acids is 1. The smallest absolute Gasteiger partial charge is 0.311 e. The second-order valence-electron chi connectivity index (χ2n) is 10.9. The molecule has 0 N–H and O–H groups in total. The first-order chi connectivity index (χ1) is 20.5. The molecule has 0 aliphatic carbocycles. The number of piperidine rings is 2. The summed E-state index contributed by atoms with van der Waals surface area (Å²) in [6.45, 7) is 6.21. The number of benzene rings is 3. The highest BCUT2D eigenvalue weighted by Gasteiger charge is 2.26. The Morgan fingerprint density at radius 2 is 1.53 bits per heavy atom. The van der Waals surface area contributed by atoms with Gasteiger partial charge in [0.1, 0.15) is 23.4 Å². The number of carbonyl (C=O) groups is 1. The maximum atomic E-state index is 12.9. The van der Waals surface area contributed by atoms with E-state index in [1.807, 2.05) is 47.4 Å². The number of amides is 1. The van der Waals surface area contributed by atoms with Gasteiger partial charge in [-0.1, -0.05) is 37.8 Å². The van der Waals surface area contributed by atoms with Crippen molar-refractivity contribution in [3.8, 4) is 23.0 Å². The first-order valence-corrected chi connectivity index (χ1v) is 14.9. The van der Waals surface area contributed by atoms with Crippen LogP contribution in [-0.2, 0) is 4.79 Å². The molecule has 5 rings (SSSR count). The third kappa shape index (κ3) is 8.70. The van der Waals surface area contributed by atoms with E-state index in [1.165, 1.54) is 11.6 Å². The quantitative estimate of drug-likeness (QED) is 0.175. The van der Waals surface area contributed by atoms with Crippen LogP contribution in [0.25, 0.3) is 0 Å². The minimum Gasteiger partial charge on any atom is -0.490 e. The van der Waals surface area contributed by atoms with Gasteiger partial charge in [0.2, 0.25) is 11.7 Å². The zero-order valence-corrected chi connectivity index (χ0v) is 24.2. The van der Waals surface area contributed by atoms with Crippen molar-refractivity contribution in [3.63, 3.8) is 0 Å². The molecule has 2 fully saturated rings. The van der Waals surface area contributed by atoms with E-state index in [-0.39, 0.29) is 30.9 Å². The molecule has 2 aliphatic rings. The molecule has 2 aliphatic heterocycles. The van der Waals surface area contributed by atoms with Crippen LogP contribution < -0.4 is 14.2 Å². The molecule has 1 amide bonds. The van der Waals surface area contributed by atoms with Crippen LogP contribution in [0.3, 0.4) is 0 Å². The van der Waals surface area contributed by atoms with Crippen molar-refractivity contribution < 1.29 is 23.9 Å². The van der Waals surface area contributed by atoms with Gasteiger partial charge in [0, 0.05) is 51.0 Å². The number of nitrogens with zero attached hydrogens (tertiary/aromatic N) is 3. The Balaban J connectivity index is 0.00000423. The van der Waals surface area contributed by atoms with Crippen LogP contribution >= 0.6 is 0 Å². The summed E-state index contributed by atoms with van der Waals surface area (Å²) in [6.07, 6.45) is 4.12. The van der Waals surface area contributed by atoms with E-state index in [2.05, 4.69) is 17.0 Å². The van der Waals surface area contributed by atoms with Gasteiger partial charge in [-0.25, -0.2) is 0 Å². The number of para-hydroxylation sites is 1. The van der Waals surface area contributed by atoms with Crippen LogP contribution in [0.15, 0.2) is 72.8 Å². The molecule has 9 nitrogen and oxygen atoms in total. The van der Waals surface area contributed by atoms with Crippen molar-refractivity contribution in [2.45, 2.75) is 58.5 Å². The Labute approximate surface area is 254 Å². The molecule has 230 valence electrons. The average Bonchev–Trinajstić information content (AvgIpc) is 3.02. The van der Waals surface area contributed by atoms with Gasteiger partial charge in [-0.2, -0.15) is 0 Å². The van der Waals surface area contributed by atoms with E-state index in [4.69, 9.17) is 14.2 Å². The van der Waals surface area contributed by atoms with Gasteiger partial charge in [0.05, 0.1) is 11.5 Å². The largest absolute Gasteiger partial charge is 0.490 e. The van der Waals surface area contributed by atoms with E-state index in [0.29, 0.717) is 37.8 Å². The van der Waals surface area contributed by atoms with E-state index < -0.39 is 4.92 Å². The molecular formula is C34H43N3O6. The molecule has 0 radical (unpaired) electrons. The highest BCUT2D eigenvalue weighted by Crippen LogP contribution is 2.33. The fourth-order valence-electron chi connectivity index (χ4n) is 5.74. The number of hydrogen-bond donors (Lipinski definition) is 0. The van der Waals surface area contributed by atoms with Crippen LogP contribution in [0, 0.1) is 10.1 Å². The van der Waals surface area contributed by atoms with Gasteiger partial charge in [-0.05, 0) is 74.7 Å². The Morgan fingerprint density at radius 1 is 0.884 bits per heavy atom. The minimum absolute atomic E-state index is 0. The third-order valence-corrected chi connectivity index (χ3v) is 8.09. The van der Waals surface area contributed by atoms with Gasteiger partial charge < -0.3 is 24.0 Å². The Morgan fingerprint density at radius 3 is 2.19 bits per heavy atom. The van der Waals surface area contributed by atoms with Crippen molar-refractivity contribution >= 4 is 11.6 Å². The molecule has 2 heterocycles. The minimum atomic E-state index is -0.456. The van der Waals surface area contributed by atoms with E-state index >= 15 is 0 Å². The summed E-state index contributed by atoms with van der Waals surface area (Å²) in [5.74, 6) is 3.17. The molecule has 0 aromatic heterocycles. The van der Waals surface area contributed by atoms with Crippen molar-refractivity contribution in [1.82, 2.24) is 9.80 Å². The lowest BCUT2D eigenvalue weighted by Gasteiger charge is -2.34. The molecule has 3 aromatic rings. The Bertz CT molecular complexity index is 1320. The second kappa shape index (κ2) is 15.4. The van der Waals surface area contributed by atoms with Crippen LogP contribution in [0.1, 0.15) is 57.9 Å². The standard InChI is InChI=1S/C33H39N3O6.CH4/c1-2-40-32-24-30(12-13-31(32)36(38)39)42-29-16-22-35(23-17-29)33(37)18-21-34-19-14-26(15-20-34)25-8-10-28(11-9-25)41-27-6-4-3-5-7-27;/h3-13,24,26,29H,2,14-23H2,1H3;1H4. The molecule has 9 heteroatoms. The van der Waals surface area contributed by atoms with E-state index in [0.717, 1.165) is 56.8 Å². The maximum Gasteiger partial charge on any atom is 0.311 e. The monoisotopic (exact) mass is 589 g/mol. The van der Waals surface area contributed by atoms with Crippen molar-refractivity contribution in [2.24, 2.45) is 0 Å². The van der Waals surface area contributed by atoms with Crippen molar-refractivity contribution in [1.29, 1.82) is 0 Å². The van der Waals surface area contributed by atoms with E-state index in [9.17, 15) is 14.9 Å². The van der Waals surface area contributed by atoms with Crippen LogP contribution in [0.4, 0.5) is 5.69 Å². The third-order valence-electron chi connectivity index (χ3n) is 8.09. The number of nitro benzene ring substituents is 1. The lowest BCUT2D eigenvalue weighted by atomic mass is 9.89. The first-order valence-electron chi connectivity index (χ1n) is 14.9. The first kappa shape index (κ1) is 31.8. The van der Waals surface area contributed by atoms with Crippen molar-refractivity contribution in [3.05, 3.63) is 88.5 Å². The molecule has 43 heavy (non-hydrogen) atoms. The molecule has 0 saturated carbocycles. The number of likely N-dealkylation sites (tertiary alicyclic amines) is 2. The molecule has 0 unspecified atom stereocenters. The summed E-state index contributed by atoms with van der Waals surface area (Å²) < 4.78 is 17.4. The predicted molar refractivity (Wildman–Crippen MR) is 167 cm³/mol. The SMILES string of the molecule is C.CCOc1cc(OC2CCN(C(=O)CCN3CCC(c4ccc(Oc5ccccc5)cc4)CC3)CC2)ccc1[N+](=O)[O-]. The number of ether oxygens (including phenoxy) is 3. The van der Waals surface area contributed by atoms with Gasteiger partial charge in [0.15, 0.2) is 0 Å². The summed E-state index contributed by atoms with van der Waals surface area (Å²) in [5.41, 5.74) is 1.27. The molecular weight excluding hydrogens is 546 g/mol. The number of hydrogen-bond acceptors (Lipinski definition) is 7. The number of nitro groups is 1. The fourth-order valence-corrected chi connectivity index (χ4v) is 5.74. The normalized spacial score (nSPS) is 16.3. The van der Waals surface area contributed by atoms with Crippen LogP contribution in [0.2, 0.25) is 0 Å². The average molecular weight is 590 g/mol. The highest BCUT2D eigenvalue weighted by atomic mass is 16.6. The molecule has 2 saturated heterocycles. The Kier molecular flexibility index (Phi) is 11.4. The maximum absolute atomic E-state index is 12.9. The molecule has 0 bridgehead atoms. The summed E-state index contributed by atoms with van der Waals surface area (Å²) >= 11 is 0. The number of rotatable bonds is 11. The Hall–Kier alpha value is -4.11. The summed E-state index contributed by atoms with van der Waals surface area (Å²) in [7, 11) is 0. The molecule has 0 atom stereocenters. The zero-order valence-electron chi connectivity index (χ0n) is 24.2. The lowest BCUT2D eigenvalue weighted by Crippen LogP contribution is -2.43. The highest BCUT2D eigenvalue weighted by molar-refractivity contribution is 5.76. The van der Waals surface area contributed by atoms with Gasteiger partial charge in [0.25, 0.3) is 0 Å². The molecule has 0 spiro atoms. The second-order valence-corrected chi connectivity index (χ2v) is 10.9. The van der Waals surface area contributed by atoms with E-state index in [1.54, 1.807) is 19.1 Å². The topological polar surface area (TPSA) is 94.4 Å². The zero-order chi connectivity index (χ0) is 29.3. The van der Waals surface area contributed by atoms with Gasteiger partial charge >= 0.3 is 5.69 Å². The summed E-state index contributed by atoms with van der Waals surface area (Å²) in [4.78, 5) is 28.0. The fraction of sp³-hybridized carbons (Fsp3) is 0.441. The summed E-state index contributed by atoms with van der Waals surface area (Å²) in [5, 5.41) is 11.2. The van der Waals surface area contributed by atoms with Crippen molar-refractivity contribution in [2.75, 3.05) is 39.3 Å². The summed E-state index contributed by atoms with van der Waals surface area (Å²) in [6, 6.07) is 22.9. The van der Waals surface area contributed by atoms with Gasteiger partial charge in [-0.15, -0.1) is 0 Å². The van der Waals surface area contributed by atoms with Gasteiger partial charge in [-0.3, -0.25) is 14.9 Å². The lowest BCUT2D eigenvalue weighted by molar-refractivity contribution is -0.385. The van der Waals surface area contributed by atoms with Crippen LogP contribution in [0.5, 0.6) is 23.0 Å².